The molecule has 8 heteroatoms. The predicted octanol–water partition coefficient (Wildman–Crippen LogP) is 3.67. The number of hydrogen-bond acceptors (Lipinski definition) is 6. The molecule has 2 heterocycles. The first-order valence-electron chi connectivity index (χ1n) is 8.20. The molecule has 0 aliphatic heterocycles. The average molecular weight is 382 g/mol. The summed E-state index contributed by atoms with van der Waals surface area (Å²) in [6.45, 7) is 3.96. The van der Waals surface area contributed by atoms with Crippen molar-refractivity contribution < 1.29 is 14.0 Å². The second kappa shape index (κ2) is 8.50. The number of hydrogen-bond donors (Lipinski definition) is 2. The largest absolute Gasteiger partial charge is 0.459 e. The normalized spacial score (nSPS) is 10.4. The number of nitrogens with zero attached hydrogens (tertiary/aromatic N) is 2. The average Bonchev–Trinajstić information content (AvgIpc) is 3.18. The van der Waals surface area contributed by atoms with E-state index in [1.54, 1.807) is 24.3 Å². The number of carbonyl (C=O) groups excluding carboxylic acids is 2. The van der Waals surface area contributed by atoms with Gasteiger partial charge in [-0.1, -0.05) is 29.5 Å². The van der Waals surface area contributed by atoms with E-state index in [9.17, 15) is 9.59 Å². The summed E-state index contributed by atoms with van der Waals surface area (Å²) in [6, 6.07) is 12.4. The van der Waals surface area contributed by atoms with Crippen molar-refractivity contribution in [2.24, 2.45) is 0 Å². The van der Waals surface area contributed by atoms with Crippen molar-refractivity contribution >= 4 is 35.1 Å². The molecule has 0 spiro atoms. The Balaban J connectivity index is 1.51. The standard InChI is InChI=1S/C19H18N4O3S/c1-12-5-6-14(13(2)10-12)20-17(24)11-27-18-8-7-16(22-23-18)21-19(25)15-4-3-9-26-15/h3-10H,11H2,1-2H3,(H,20,24)(H,21,22,25). The van der Waals surface area contributed by atoms with E-state index in [1.807, 2.05) is 32.0 Å². The Morgan fingerprint density at radius 1 is 1.07 bits per heavy atom. The van der Waals surface area contributed by atoms with Crippen LogP contribution in [-0.4, -0.2) is 27.8 Å². The number of rotatable bonds is 6. The molecule has 0 unspecified atom stereocenters. The summed E-state index contributed by atoms with van der Waals surface area (Å²) in [6.07, 6.45) is 1.42. The predicted molar refractivity (Wildman–Crippen MR) is 104 cm³/mol. The van der Waals surface area contributed by atoms with E-state index in [1.165, 1.54) is 18.0 Å². The Kier molecular flexibility index (Phi) is 5.87. The number of amides is 2. The van der Waals surface area contributed by atoms with Crippen molar-refractivity contribution in [1.82, 2.24) is 10.2 Å². The molecule has 2 amide bonds. The van der Waals surface area contributed by atoms with E-state index in [-0.39, 0.29) is 17.4 Å². The molecular formula is C19H18N4O3S. The van der Waals surface area contributed by atoms with Crippen LogP contribution in [0.3, 0.4) is 0 Å². The minimum atomic E-state index is -0.400. The van der Waals surface area contributed by atoms with Crippen molar-refractivity contribution in [1.29, 1.82) is 0 Å². The van der Waals surface area contributed by atoms with Gasteiger partial charge >= 0.3 is 0 Å². The Labute approximate surface area is 160 Å². The summed E-state index contributed by atoms with van der Waals surface area (Å²) in [5.74, 6) is 0.186. The molecule has 2 N–H and O–H groups in total. The van der Waals surface area contributed by atoms with E-state index >= 15 is 0 Å². The monoisotopic (exact) mass is 382 g/mol. The van der Waals surface area contributed by atoms with Gasteiger partial charge in [-0.2, -0.15) is 0 Å². The van der Waals surface area contributed by atoms with Gasteiger partial charge in [-0.05, 0) is 49.7 Å². The van der Waals surface area contributed by atoms with Gasteiger partial charge < -0.3 is 15.1 Å². The minimum absolute atomic E-state index is 0.121. The molecular weight excluding hydrogens is 364 g/mol. The van der Waals surface area contributed by atoms with E-state index < -0.39 is 5.91 Å². The molecule has 138 valence electrons. The third-order valence-electron chi connectivity index (χ3n) is 3.63. The van der Waals surface area contributed by atoms with Crippen LogP contribution in [0.25, 0.3) is 0 Å². The number of nitrogens with one attached hydrogen (secondary N) is 2. The van der Waals surface area contributed by atoms with Crippen molar-refractivity contribution in [3.05, 3.63) is 65.6 Å². The first-order valence-corrected chi connectivity index (χ1v) is 9.18. The fraction of sp³-hybridized carbons (Fsp3) is 0.158. The third-order valence-corrected chi connectivity index (χ3v) is 4.55. The zero-order valence-electron chi connectivity index (χ0n) is 14.9. The molecule has 27 heavy (non-hydrogen) atoms. The lowest BCUT2D eigenvalue weighted by molar-refractivity contribution is -0.113. The summed E-state index contributed by atoms with van der Waals surface area (Å²) in [5.41, 5.74) is 2.97. The maximum Gasteiger partial charge on any atom is 0.292 e. The minimum Gasteiger partial charge on any atom is -0.459 e. The third kappa shape index (κ3) is 5.18. The highest BCUT2D eigenvalue weighted by Crippen LogP contribution is 2.19. The van der Waals surface area contributed by atoms with Gasteiger partial charge in [0.25, 0.3) is 5.91 Å². The number of carbonyl (C=O) groups is 2. The number of aromatic nitrogens is 2. The molecule has 1 aromatic carbocycles. The van der Waals surface area contributed by atoms with E-state index in [2.05, 4.69) is 20.8 Å². The van der Waals surface area contributed by atoms with Crippen LogP contribution in [0.2, 0.25) is 0 Å². The number of aryl methyl sites for hydroxylation is 2. The zero-order valence-corrected chi connectivity index (χ0v) is 15.7. The molecule has 0 saturated carbocycles. The molecule has 0 radical (unpaired) electrons. The van der Waals surface area contributed by atoms with Crippen LogP contribution >= 0.6 is 11.8 Å². The number of furan rings is 1. The highest BCUT2D eigenvalue weighted by atomic mass is 32.2. The lowest BCUT2D eigenvalue weighted by atomic mass is 10.1. The SMILES string of the molecule is Cc1ccc(NC(=O)CSc2ccc(NC(=O)c3ccco3)nn2)c(C)c1. The number of benzene rings is 1. The van der Waals surface area contributed by atoms with Gasteiger partial charge in [0.1, 0.15) is 5.03 Å². The quantitative estimate of drug-likeness (QED) is 0.632. The van der Waals surface area contributed by atoms with Gasteiger partial charge in [0.2, 0.25) is 5.91 Å². The summed E-state index contributed by atoms with van der Waals surface area (Å²) < 4.78 is 5.01. The lowest BCUT2D eigenvalue weighted by Crippen LogP contribution is -2.15. The number of thioether (sulfide) groups is 1. The van der Waals surface area contributed by atoms with Crippen molar-refractivity contribution in [3.8, 4) is 0 Å². The van der Waals surface area contributed by atoms with Gasteiger partial charge in [0, 0.05) is 5.69 Å². The summed E-state index contributed by atoms with van der Waals surface area (Å²) >= 11 is 1.27. The van der Waals surface area contributed by atoms with E-state index in [0.29, 0.717) is 10.8 Å². The van der Waals surface area contributed by atoms with Crippen molar-refractivity contribution in [2.45, 2.75) is 18.9 Å². The first kappa shape index (κ1) is 18.7. The van der Waals surface area contributed by atoms with Gasteiger partial charge in [0.15, 0.2) is 11.6 Å². The maximum atomic E-state index is 12.1. The van der Waals surface area contributed by atoms with Crippen molar-refractivity contribution in [3.63, 3.8) is 0 Å². The summed E-state index contributed by atoms with van der Waals surface area (Å²) in [4.78, 5) is 24.0. The van der Waals surface area contributed by atoms with E-state index in [0.717, 1.165) is 16.8 Å². The number of anilines is 2. The molecule has 7 nitrogen and oxygen atoms in total. The molecule has 0 fully saturated rings. The summed E-state index contributed by atoms with van der Waals surface area (Å²) in [5, 5.41) is 14.0. The van der Waals surface area contributed by atoms with Crippen LogP contribution in [0.5, 0.6) is 0 Å². The van der Waals surface area contributed by atoms with Crippen LogP contribution in [0.4, 0.5) is 11.5 Å². The lowest BCUT2D eigenvalue weighted by Gasteiger charge is -2.09. The van der Waals surface area contributed by atoms with E-state index in [4.69, 9.17) is 4.42 Å². The Hall–Kier alpha value is -3.13. The molecule has 3 aromatic rings. The summed E-state index contributed by atoms with van der Waals surface area (Å²) in [7, 11) is 0. The second-order valence-corrected chi connectivity index (χ2v) is 6.84. The van der Waals surface area contributed by atoms with Crippen molar-refractivity contribution in [2.75, 3.05) is 16.4 Å². The van der Waals surface area contributed by atoms with Crippen LogP contribution < -0.4 is 10.6 Å². The molecule has 0 atom stereocenters. The molecule has 3 rings (SSSR count). The molecule has 2 aromatic heterocycles. The fourth-order valence-electron chi connectivity index (χ4n) is 2.33. The van der Waals surface area contributed by atoms with Crippen LogP contribution in [0, 0.1) is 13.8 Å². The van der Waals surface area contributed by atoms with Crippen LogP contribution in [0.1, 0.15) is 21.7 Å². The van der Waals surface area contributed by atoms with Crippen LogP contribution in [-0.2, 0) is 4.79 Å². The molecule has 0 saturated heterocycles. The van der Waals surface area contributed by atoms with Gasteiger partial charge in [-0.25, -0.2) is 0 Å². The molecule has 0 aliphatic rings. The van der Waals surface area contributed by atoms with Gasteiger partial charge in [0.05, 0.1) is 12.0 Å². The Morgan fingerprint density at radius 2 is 1.93 bits per heavy atom. The zero-order chi connectivity index (χ0) is 19.2. The van der Waals surface area contributed by atoms with Gasteiger partial charge in [-0.15, -0.1) is 10.2 Å². The first-order chi connectivity index (χ1) is 13.0. The fourth-order valence-corrected chi connectivity index (χ4v) is 2.94. The highest BCUT2D eigenvalue weighted by molar-refractivity contribution is 7.99. The molecule has 0 aliphatic carbocycles. The maximum absolute atomic E-state index is 12.1. The molecule has 0 bridgehead atoms. The smallest absolute Gasteiger partial charge is 0.292 e. The Morgan fingerprint density at radius 3 is 2.59 bits per heavy atom. The van der Waals surface area contributed by atoms with Crippen LogP contribution in [0.15, 0.2) is 58.2 Å². The topological polar surface area (TPSA) is 97.1 Å². The Bertz CT molecular complexity index is 940. The van der Waals surface area contributed by atoms with Gasteiger partial charge in [-0.3, -0.25) is 9.59 Å². The highest BCUT2D eigenvalue weighted by Gasteiger charge is 2.11. The second-order valence-electron chi connectivity index (χ2n) is 5.84.